The van der Waals surface area contributed by atoms with Crippen molar-refractivity contribution in [3.8, 4) is 17.0 Å². The van der Waals surface area contributed by atoms with Gasteiger partial charge in [0.1, 0.15) is 0 Å². The summed E-state index contributed by atoms with van der Waals surface area (Å²) in [4.78, 5) is 19.4. The summed E-state index contributed by atoms with van der Waals surface area (Å²) in [5.41, 5.74) is 6.98. The molecule has 2 N–H and O–H groups in total. The summed E-state index contributed by atoms with van der Waals surface area (Å²) in [6, 6.07) is 4.58. The zero-order valence-electron chi connectivity index (χ0n) is 15.4. The van der Waals surface area contributed by atoms with Gasteiger partial charge in [-0.3, -0.25) is 0 Å². The van der Waals surface area contributed by atoms with Crippen LogP contribution < -0.4 is 34.4 Å². The van der Waals surface area contributed by atoms with Crippen molar-refractivity contribution in [1.82, 2.24) is 19.6 Å². The third-order valence-electron chi connectivity index (χ3n) is 3.16. The van der Waals surface area contributed by atoms with Gasteiger partial charge in [0.25, 0.3) is 0 Å². The first-order chi connectivity index (χ1) is 11.6. The van der Waals surface area contributed by atoms with E-state index in [9.17, 15) is 9.90 Å². The molecule has 0 amide bonds. The van der Waals surface area contributed by atoms with Crippen molar-refractivity contribution in [2.24, 2.45) is 0 Å². The molecule has 0 aliphatic heterocycles. The number of carbonyl (C=O) groups excluding carboxylic acids is 1. The van der Waals surface area contributed by atoms with Crippen molar-refractivity contribution in [2.45, 2.75) is 6.92 Å². The van der Waals surface area contributed by atoms with E-state index in [2.05, 4.69) is 19.8 Å². The zero-order chi connectivity index (χ0) is 18.4. The number of aryl methyl sites for hydroxylation is 1. The van der Waals surface area contributed by atoms with Crippen LogP contribution in [0.25, 0.3) is 16.8 Å². The van der Waals surface area contributed by atoms with Gasteiger partial charge in [0, 0.05) is 17.5 Å². The van der Waals surface area contributed by atoms with Gasteiger partial charge in [-0.1, -0.05) is 0 Å². The van der Waals surface area contributed by atoms with E-state index >= 15 is 0 Å². The Kier molecular flexibility index (Phi) is 3.53. The van der Waals surface area contributed by atoms with E-state index in [-0.39, 0.29) is 24.8 Å². The van der Waals surface area contributed by atoms with Crippen LogP contribution in [0.5, 0.6) is 5.88 Å². The van der Waals surface area contributed by atoms with Crippen molar-refractivity contribution < 1.29 is 37.6 Å². The van der Waals surface area contributed by atoms with Crippen LogP contribution in [0.2, 0.25) is 0 Å². The van der Waals surface area contributed by atoms with Crippen LogP contribution >= 0.6 is 0 Å². The fourth-order valence-corrected chi connectivity index (χ4v) is 2.17. The Hall–Kier alpha value is -2.56. The van der Waals surface area contributed by atoms with Gasteiger partial charge in [0.2, 0.25) is 11.8 Å². The number of ether oxygens (including phenoxy) is 1. The summed E-state index contributed by atoms with van der Waals surface area (Å²) < 4.78 is 27.5. The number of methoxy groups -OCH3 is 1. The molecule has 0 aromatic carbocycles. The predicted octanol–water partition coefficient (Wildman–Crippen LogP) is -2.94. The maximum Gasteiger partial charge on any atom is 1.00 e. The predicted molar refractivity (Wildman–Crippen MR) is 76.2 cm³/mol. The number of rotatable bonds is 3. The molecule has 0 saturated heterocycles. The van der Waals surface area contributed by atoms with Gasteiger partial charge in [-0.15, -0.1) is 5.10 Å². The number of hydrogen-bond donors (Lipinski definition) is 1. The SMILES string of the molecule is [2H]C([2H])([2H])Oc1nc(C)c(-c2ccn3nc(N)nc3c2)cc1C(=O)[O-].[Li+]. The number of fused-ring (bicyclic) bond motifs is 1. The topological polar surface area (TPSA) is 118 Å². The molecule has 0 saturated carbocycles. The van der Waals surface area contributed by atoms with Crippen LogP contribution in [-0.2, 0) is 0 Å². The van der Waals surface area contributed by atoms with Gasteiger partial charge in [-0.25, -0.2) is 9.50 Å². The summed E-state index contributed by atoms with van der Waals surface area (Å²) in [5.74, 6) is -2.02. The molecule has 3 aromatic rings. The number of pyridine rings is 2. The number of nitrogens with two attached hydrogens (primary N) is 1. The molecule has 0 aliphatic rings. The van der Waals surface area contributed by atoms with Crippen molar-refractivity contribution in [2.75, 3.05) is 12.8 Å². The van der Waals surface area contributed by atoms with Gasteiger partial charge >= 0.3 is 18.9 Å². The molecule has 0 spiro atoms. The first kappa shape index (κ1) is 12.9. The fraction of sp³-hybridized carbons (Fsp3) is 0.143. The number of nitrogen functional groups attached to an aromatic ring is 1. The molecule has 0 bridgehead atoms. The van der Waals surface area contributed by atoms with Gasteiger partial charge in [0.05, 0.1) is 22.7 Å². The van der Waals surface area contributed by atoms with Crippen molar-refractivity contribution in [1.29, 1.82) is 0 Å². The van der Waals surface area contributed by atoms with Crippen molar-refractivity contribution >= 4 is 17.6 Å². The minimum atomic E-state index is -2.83. The zero-order valence-corrected chi connectivity index (χ0v) is 12.4. The number of carbonyl (C=O) groups is 1. The second-order valence-corrected chi connectivity index (χ2v) is 4.55. The number of aromatic carboxylic acids is 1. The first-order valence-electron chi connectivity index (χ1n) is 7.68. The molecule has 9 heteroatoms. The third-order valence-corrected chi connectivity index (χ3v) is 3.16. The second-order valence-electron chi connectivity index (χ2n) is 4.55. The van der Waals surface area contributed by atoms with E-state index in [4.69, 9.17) is 9.85 Å². The number of nitrogens with zero attached hydrogens (tertiary/aromatic N) is 4. The number of carboxylic acid groups (broad SMARTS) is 1. The van der Waals surface area contributed by atoms with Crippen LogP contribution in [0, 0.1) is 6.92 Å². The molecule has 112 valence electrons. The van der Waals surface area contributed by atoms with E-state index in [1.165, 1.54) is 10.6 Å². The van der Waals surface area contributed by atoms with Crippen LogP contribution in [0.3, 0.4) is 0 Å². The van der Waals surface area contributed by atoms with Gasteiger partial charge in [-0.2, -0.15) is 4.98 Å². The smallest absolute Gasteiger partial charge is 0.545 e. The van der Waals surface area contributed by atoms with Crippen LogP contribution in [-0.4, -0.2) is 32.6 Å². The number of aromatic nitrogens is 4. The Morgan fingerprint density at radius 2 is 2.22 bits per heavy atom. The Balaban J connectivity index is 0.00000243. The van der Waals surface area contributed by atoms with Gasteiger partial charge < -0.3 is 20.4 Å². The molecule has 3 heterocycles. The van der Waals surface area contributed by atoms with Crippen LogP contribution in [0.15, 0.2) is 24.4 Å². The van der Waals surface area contributed by atoms with Crippen LogP contribution in [0.4, 0.5) is 5.95 Å². The normalized spacial score (nSPS) is 12.8. The van der Waals surface area contributed by atoms with Crippen molar-refractivity contribution in [3.63, 3.8) is 0 Å². The minimum Gasteiger partial charge on any atom is -0.545 e. The summed E-state index contributed by atoms with van der Waals surface area (Å²) in [6.07, 6.45) is 1.61. The minimum absolute atomic E-state index is 0. The average Bonchev–Trinajstić information content (AvgIpc) is 2.84. The van der Waals surface area contributed by atoms with Crippen molar-refractivity contribution in [3.05, 3.63) is 35.7 Å². The van der Waals surface area contributed by atoms with E-state index in [1.54, 1.807) is 25.3 Å². The number of carboxylic acids is 1. The standard InChI is InChI=1S/C14H13N5O3.Li/c1-7-9(6-10(13(20)21)12(16-7)22-2)8-3-4-19-11(5-8)17-14(15)18-19;/h3-6H,1-2H3,(H2,15,18)(H,20,21);/q;+1/p-1/i2D3;. The quantitative estimate of drug-likeness (QED) is 0.514. The molecule has 3 aromatic heterocycles. The van der Waals surface area contributed by atoms with E-state index in [0.29, 0.717) is 22.5 Å². The van der Waals surface area contributed by atoms with E-state index in [0.717, 1.165) is 0 Å². The Labute approximate surface area is 147 Å². The molecular formula is C14H12LiN5O3. The average molecular weight is 308 g/mol. The van der Waals surface area contributed by atoms with Crippen LogP contribution in [0.1, 0.15) is 20.2 Å². The molecule has 3 rings (SSSR count). The third kappa shape index (κ3) is 2.99. The molecule has 0 radical (unpaired) electrons. The molecule has 0 atom stereocenters. The van der Waals surface area contributed by atoms with Gasteiger partial charge in [0.15, 0.2) is 5.65 Å². The van der Waals surface area contributed by atoms with E-state index < -0.39 is 24.5 Å². The first-order valence-corrected chi connectivity index (χ1v) is 6.18. The molecule has 23 heavy (non-hydrogen) atoms. The summed E-state index contributed by atoms with van der Waals surface area (Å²) >= 11 is 0. The Morgan fingerprint density at radius 1 is 1.43 bits per heavy atom. The second kappa shape index (κ2) is 6.28. The maximum atomic E-state index is 11.4. The summed E-state index contributed by atoms with van der Waals surface area (Å²) in [5, 5.41) is 15.3. The van der Waals surface area contributed by atoms with Gasteiger partial charge in [-0.05, 0) is 30.7 Å². The Morgan fingerprint density at radius 3 is 2.91 bits per heavy atom. The fourth-order valence-electron chi connectivity index (χ4n) is 2.17. The number of hydrogen-bond acceptors (Lipinski definition) is 7. The molecule has 0 unspecified atom stereocenters. The Bertz CT molecular complexity index is 990. The molecule has 0 fully saturated rings. The molecule has 8 nitrogen and oxygen atoms in total. The maximum absolute atomic E-state index is 11.4. The molecule has 0 aliphatic carbocycles. The monoisotopic (exact) mass is 308 g/mol. The summed E-state index contributed by atoms with van der Waals surface area (Å²) in [6.45, 7) is 1.60. The number of anilines is 1. The summed E-state index contributed by atoms with van der Waals surface area (Å²) in [7, 11) is -2.83. The van der Waals surface area contributed by atoms with E-state index in [1.807, 2.05) is 0 Å². The largest absolute Gasteiger partial charge is 1.00 e. The molecular weight excluding hydrogens is 293 g/mol.